The molecule has 3 saturated heterocycles. The fourth-order valence-electron chi connectivity index (χ4n) is 14.0. The second kappa shape index (κ2) is 14.2. The summed E-state index contributed by atoms with van der Waals surface area (Å²) < 4.78 is 30.3. The predicted octanol–water partition coefficient (Wildman–Crippen LogP) is 2.11. The molecule has 0 radical (unpaired) electrons. The van der Waals surface area contributed by atoms with Crippen molar-refractivity contribution < 1.29 is 59.4 Å². The molecule has 298 valence electrons. The van der Waals surface area contributed by atoms with Crippen molar-refractivity contribution in [2.45, 2.75) is 171 Å². The highest BCUT2D eigenvalue weighted by molar-refractivity contribution is 5.17. The summed E-state index contributed by atoms with van der Waals surface area (Å²) in [5, 5.41) is 72.8. The Labute approximate surface area is 308 Å². The number of ether oxygens (including phenoxy) is 5. The van der Waals surface area contributed by atoms with E-state index >= 15 is 0 Å². The van der Waals surface area contributed by atoms with Crippen LogP contribution in [0.5, 0.6) is 0 Å². The molecule has 3 heterocycles. The lowest BCUT2D eigenvalue weighted by molar-refractivity contribution is -0.364. The summed E-state index contributed by atoms with van der Waals surface area (Å²) in [6.07, 6.45) is -1.70. The van der Waals surface area contributed by atoms with Crippen LogP contribution in [0, 0.1) is 58.2 Å². The predicted molar refractivity (Wildman–Crippen MR) is 186 cm³/mol. The van der Waals surface area contributed by atoms with Crippen molar-refractivity contribution in [3.63, 3.8) is 0 Å². The summed E-state index contributed by atoms with van der Waals surface area (Å²) in [5.41, 5.74) is 0.740. The smallest absolute Gasteiger partial charge is 0.187 e. The van der Waals surface area contributed by atoms with E-state index in [-0.39, 0.29) is 17.1 Å². The van der Waals surface area contributed by atoms with Crippen LogP contribution in [-0.4, -0.2) is 129 Å². The van der Waals surface area contributed by atoms with Crippen molar-refractivity contribution >= 4 is 0 Å². The second-order valence-electron chi connectivity index (χ2n) is 19.3. The van der Waals surface area contributed by atoms with E-state index in [2.05, 4.69) is 27.7 Å². The zero-order valence-electron chi connectivity index (χ0n) is 31.5. The largest absolute Gasteiger partial charge is 0.394 e. The van der Waals surface area contributed by atoms with Gasteiger partial charge in [0.15, 0.2) is 12.6 Å². The Morgan fingerprint density at radius 3 is 2.08 bits per heavy atom. The maximum absolute atomic E-state index is 11.2. The van der Waals surface area contributed by atoms with Gasteiger partial charge < -0.3 is 59.4 Å². The SMILES string of the molecule is C[C@@H]1CC[C@]2(C[C@H]3C[C@H]4[C@@H]5CC[C@H]6C[C@@H](O[C@@H]7O[C@H](CO)[C@@H](O[C@H]8O[C@H](CO)[C@@H](O)[C@H](O)[C@H]8O)[C@H](O)[C@H]7O)CC[C@]6(C)[C@H]5CC[C@]4(C)[C@H]3[C@@H]2C)OC1. The highest BCUT2D eigenvalue weighted by Crippen LogP contribution is 2.73. The molecule has 5 aliphatic carbocycles. The van der Waals surface area contributed by atoms with E-state index in [1.807, 2.05) is 0 Å². The minimum absolute atomic E-state index is 0.107. The van der Waals surface area contributed by atoms with Crippen molar-refractivity contribution in [1.29, 1.82) is 0 Å². The number of rotatable bonds is 6. The van der Waals surface area contributed by atoms with Crippen LogP contribution in [0.1, 0.15) is 98.3 Å². The second-order valence-corrected chi connectivity index (χ2v) is 19.3. The van der Waals surface area contributed by atoms with Crippen molar-refractivity contribution in [3.05, 3.63) is 0 Å². The third-order valence-electron chi connectivity index (χ3n) is 16.9. The van der Waals surface area contributed by atoms with Crippen LogP contribution < -0.4 is 0 Å². The fourth-order valence-corrected chi connectivity index (χ4v) is 14.0. The van der Waals surface area contributed by atoms with Gasteiger partial charge in [0, 0.05) is 6.61 Å². The van der Waals surface area contributed by atoms with Crippen molar-refractivity contribution in [3.8, 4) is 0 Å². The number of aliphatic hydroxyl groups excluding tert-OH is 7. The van der Waals surface area contributed by atoms with Gasteiger partial charge in [0.05, 0.1) is 24.9 Å². The van der Waals surface area contributed by atoms with E-state index in [4.69, 9.17) is 23.7 Å². The third kappa shape index (κ3) is 5.99. The maximum atomic E-state index is 11.2. The highest BCUT2D eigenvalue weighted by atomic mass is 16.7. The third-order valence-corrected chi connectivity index (χ3v) is 16.9. The average Bonchev–Trinajstić information content (AvgIpc) is 3.58. The van der Waals surface area contributed by atoms with Crippen molar-refractivity contribution in [2.75, 3.05) is 19.8 Å². The molecule has 0 aromatic heterocycles. The quantitative estimate of drug-likeness (QED) is 0.197. The lowest BCUT2D eigenvalue weighted by atomic mass is 9.44. The van der Waals surface area contributed by atoms with E-state index < -0.39 is 74.6 Å². The summed E-state index contributed by atoms with van der Waals surface area (Å²) >= 11 is 0. The molecular weight excluding hydrogens is 672 g/mol. The van der Waals surface area contributed by atoms with Gasteiger partial charge in [-0.15, -0.1) is 0 Å². The van der Waals surface area contributed by atoms with Gasteiger partial charge >= 0.3 is 0 Å². The van der Waals surface area contributed by atoms with Gasteiger partial charge in [0.2, 0.25) is 0 Å². The molecule has 0 unspecified atom stereocenters. The van der Waals surface area contributed by atoms with Crippen LogP contribution in [0.15, 0.2) is 0 Å². The fraction of sp³-hybridized carbons (Fsp3) is 1.00. The van der Waals surface area contributed by atoms with Gasteiger partial charge in [-0.1, -0.05) is 27.7 Å². The first kappa shape index (κ1) is 38.4. The lowest BCUT2D eigenvalue weighted by Crippen LogP contribution is -2.65. The summed E-state index contributed by atoms with van der Waals surface area (Å²) in [4.78, 5) is 0. The van der Waals surface area contributed by atoms with Crippen LogP contribution in [-0.2, 0) is 23.7 Å². The molecule has 7 N–H and O–H groups in total. The standard InChI is InChI=1S/C40H66O12/c1-19-7-12-40(48-18-19)15-21-13-26-24-6-5-22-14-23(8-10-38(22,3)25(24)9-11-39(26,4)29(21)20(40)2)49-36-34(47)32(45)35(28(17-42)51-36)52-37-33(46)31(44)30(43)27(16-41)50-37/h19-37,41-47H,5-18H2,1-4H3/t19-,20+,21-,22+,23+,24-,25+,26+,27-,28-,29+,30-,31+,32-,33-,34-,35-,36-,37-,38+,39+,40-/m1/s1. The minimum Gasteiger partial charge on any atom is -0.394 e. The summed E-state index contributed by atoms with van der Waals surface area (Å²) in [6, 6.07) is 0. The Morgan fingerprint density at radius 1 is 0.673 bits per heavy atom. The zero-order valence-corrected chi connectivity index (χ0v) is 31.5. The number of aliphatic hydroxyl groups is 7. The highest BCUT2D eigenvalue weighted by Gasteiger charge is 2.68. The van der Waals surface area contributed by atoms with E-state index in [0.717, 1.165) is 49.5 Å². The van der Waals surface area contributed by atoms with Crippen LogP contribution >= 0.6 is 0 Å². The molecule has 12 nitrogen and oxygen atoms in total. The monoisotopic (exact) mass is 738 g/mol. The number of hydrogen-bond acceptors (Lipinski definition) is 12. The lowest BCUT2D eigenvalue weighted by Gasteiger charge is -2.61. The molecule has 8 fully saturated rings. The van der Waals surface area contributed by atoms with Crippen LogP contribution in [0.25, 0.3) is 0 Å². The molecule has 8 rings (SSSR count). The first-order valence-corrected chi connectivity index (χ1v) is 20.6. The molecular formula is C40H66O12. The van der Waals surface area contributed by atoms with Crippen LogP contribution in [0.4, 0.5) is 0 Å². The molecule has 0 aromatic carbocycles. The topological polar surface area (TPSA) is 188 Å². The molecule has 12 heteroatoms. The molecule has 8 aliphatic rings. The van der Waals surface area contributed by atoms with Crippen LogP contribution in [0.2, 0.25) is 0 Å². The van der Waals surface area contributed by atoms with Gasteiger partial charge in [-0.25, -0.2) is 0 Å². The van der Waals surface area contributed by atoms with Gasteiger partial charge in [-0.2, -0.15) is 0 Å². The van der Waals surface area contributed by atoms with Gasteiger partial charge in [-0.3, -0.25) is 0 Å². The molecule has 22 atom stereocenters. The Bertz CT molecular complexity index is 1260. The first-order chi connectivity index (χ1) is 24.7. The van der Waals surface area contributed by atoms with E-state index in [0.29, 0.717) is 29.1 Å². The average molecular weight is 739 g/mol. The molecule has 0 bridgehead atoms. The Morgan fingerprint density at radius 2 is 1.37 bits per heavy atom. The summed E-state index contributed by atoms with van der Waals surface area (Å²) in [5.74, 6) is 5.62. The van der Waals surface area contributed by atoms with Gasteiger partial charge in [0.25, 0.3) is 0 Å². The van der Waals surface area contributed by atoms with Gasteiger partial charge in [-0.05, 0) is 129 Å². The van der Waals surface area contributed by atoms with Crippen LogP contribution in [0.3, 0.4) is 0 Å². The zero-order chi connectivity index (χ0) is 36.9. The van der Waals surface area contributed by atoms with Crippen molar-refractivity contribution in [1.82, 2.24) is 0 Å². The Hall–Kier alpha value is -0.480. The van der Waals surface area contributed by atoms with E-state index in [1.165, 1.54) is 51.4 Å². The number of hydrogen-bond donors (Lipinski definition) is 7. The van der Waals surface area contributed by atoms with E-state index in [1.54, 1.807) is 0 Å². The maximum Gasteiger partial charge on any atom is 0.187 e. The molecule has 52 heavy (non-hydrogen) atoms. The molecule has 5 saturated carbocycles. The molecule has 3 aliphatic heterocycles. The molecule has 0 amide bonds. The van der Waals surface area contributed by atoms with Gasteiger partial charge in [0.1, 0.15) is 48.8 Å². The van der Waals surface area contributed by atoms with E-state index in [9.17, 15) is 35.7 Å². The Balaban J connectivity index is 0.892. The Kier molecular flexibility index (Phi) is 10.5. The number of fused-ring (bicyclic) bond motifs is 7. The molecule has 1 spiro atoms. The normalized spacial score (nSPS) is 59.0. The van der Waals surface area contributed by atoms with Crippen molar-refractivity contribution in [2.24, 2.45) is 58.2 Å². The summed E-state index contributed by atoms with van der Waals surface area (Å²) in [6.45, 7) is 9.76. The first-order valence-electron chi connectivity index (χ1n) is 20.6. The summed E-state index contributed by atoms with van der Waals surface area (Å²) in [7, 11) is 0. The minimum atomic E-state index is -1.70. The molecule has 0 aromatic rings.